The molecule has 2 aromatic rings. The van der Waals surface area contributed by atoms with Crippen molar-refractivity contribution in [3.05, 3.63) is 53.0 Å². The number of carbonyl (C=O) groups excluding carboxylic acids is 1. The molecule has 1 aromatic heterocycles. The Morgan fingerprint density at radius 1 is 1.41 bits per heavy atom. The van der Waals surface area contributed by atoms with E-state index in [2.05, 4.69) is 10.1 Å². The third-order valence-corrected chi connectivity index (χ3v) is 4.65. The zero-order valence-electron chi connectivity index (χ0n) is 15.2. The van der Waals surface area contributed by atoms with Gasteiger partial charge in [0.1, 0.15) is 11.6 Å². The second-order valence-electron chi connectivity index (χ2n) is 6.58. The fraction of sp³-hybridized carbons (Fsp3) is 0.316. The van der Waals surface area contributed by atoms with Gasteiger partial charge in [-0.05, 0) is 43.9 Å². The van der Waals surface area contributed by atoms with Crippen molar-refractivity contribution in [2.45, 2.75) is 25.7 Å². The monoisotopic (exact) mass is 387 g/mol. The predicted octanol–water partition coefficient (Wildman–Crippen LogP) is 2.77. The Labute approximate surface area is 162 Å². The molecule has 7 nitrogen and oxygen atoms in total. The number of nitrogens with zero attached hydrogens (tertiary/aromatic N) is 3. The number of hydrogen-bond donors (Lipinski definition) is 2. The van der Waals surface area contributed by atoms with Crippen LogP contribution in [0.25, 0.3) is 5.69 Å². The number of carbonyl (C=O) groups is 1. The third kappa shape index (κ3) is 4.68. The lowest BCUT2D eigenvalue weighted by molar-refractivity contribution is -0.118. The van der Waals surface area contributed by atoms with Crippen molar-refractivity contribution in [1.29, 1.82) is 0 Å². The Balaban J connectivity index is 1.76. The van der Waals surface area contributed by atoms with Crippen LogP contribution in [-0.2, 0) is 4.79 Å². The van der Waals surface area contributed by atoms with E-state index in [1.54, 1.807) is 55.4 Å². The number of aliphatic imine (C=N–C) groups is 1. The second kappa shape index (κ2) is 7.84. The first-order valence-electron chi connectivity index (χ1n) is 8.62. The van der Waals surface area contributed by atoms with Gasteiger partial charge in [-0.15, -0.1) is 0 Å². The highest BCUT2D eigenvalue weighted by Crippen LogP contribution is 2.33. The van der Waals surface area contributed by atoms with E-state index in [0.717, 1.165) is 24.1 Å². The molecule has 3 rings (SSSR count). The van der Waals surface area contributed by atoms with Crippen LogP contribution < -0.4 is 16.2 Å². The molecule has 1 fully saturated rings. The van der Waals surface area contributed by atoms with Crippen LogP contribution in [0, 0.1) is 5.92 Å². The fourth-order valence-corrected chi connectivity index (χ4v) is 2.82. The summed E-state index contributed by atoms with van der Waals surface area (Å²) in [5.74, 6) is 0.281. The summed E-state index contributed by atoms with van der Waals surface area (Å²) in [6.45, 7) is 1.76. The maximum Gasteiger partial charge on any atom is 0.254 e. The summed E-state index contributed by atoms with van der Waals surface area (Å²) in [7, 11) is 1.57. The van der Waals surface area contributed by atoms with E-state index >= 15 is 0 Å². The van der Waals surface area contributed by atoms with E-state index in [1.807, 2.05) is 0 Å². The highest BCUT2D eigenvalue weighted by atomic mass is 35.5. The minimum Gasteiger partial charge on any atom is -0.497 e. The summed E-state index contributed by atoms with van der Waals surface area (Å²) < 4.78 is 6.85. The summed E-state index contributed by atoms with van der Waals surface area (Å²) in [6, 6.07) is 5.27. The van der Waals surface area contributed by atoms with Crippen LogP contribution in [0.3, 0.4) is 0 Å². The normalized spacial score (nSPS) is 16.3. The summed E-state index contributed by atoms with van der Waals surface area (Å²) in [4.78, 5) is 16.4. The molecule has 0 bridgehead atoms. The van der Waals surface area contributed by atoms with Crippen LogP contribution in [0.2, 0.25) is 5.02 Å². The number of rotatable bonds is 6. The first-order valence-corrected chi connectivity index (χ1v) is 8.99. The number of amides is 1. The molecule has 1 aliphatic carbocycles. The SMILES string of the molecule is COc1cc(Cl)cc(-n2cc(C(C)C(=O)N=C(N)/C=C(\N)C3CC3)cn2)c1. The Kier molecular flexibility index (Phi) is 5.51. The summed E-state index contributed by atoms with van der Waals surface area (Å²) >= 11 is 6.10. The summed E-state index contributed by atoms with van der Waals surface area (Å²) in [5.41, 5.74) is 13.9. The van der Waals surface area contributed by atoms with Gasteiger partial charge in [0.25, 0.3) is 5.91 Å². The molecule has 0 spiro atoms. The Hall–Kier alpha value is -2.80. The minimum atomic E-state index is -0.492. The van der Waals surface area contributed by atoms with Gasteiger partial charge in [0.15, 0.2) is 0 Å². The quantitative estimate of drug-likeness (QED) is 0.585. The lowest BCUT2D eigenvalue weighted by atomic mass is 10.1. The van der Waals surface area contributed by atoms with Crippen LogP contribution in [0.4, 0.5) is 0 Å². The molecule has 4 N–H and O–H groups in total. The summed E-state index contributed by atoms with van der Waals surface area (Å²) in [5, 5.41) is 4.83. The molecule has 0 radical (unpaired) electrons. The van der Waals surface area contributed by atoms with E-state index in [9.17, 15) is 4.79 Å². The largest absolute Gasteiger partial charge is 0.497 e. The molecule has 1 saturated carbocycles. The number of hydrogen-bond acceptors (Lipinski definition) is 4. The van der Waals surface area contributed by atoms with Crippen molar-refractivity contribution in [2.24, 2.45) is 22.4 Å². The lowest BCUT2D eigenvalue weighted by Gasteiger charge is -2.07. The maximum absolute atomic E-state index is 12.4. The molecule has 27 heavy (non-hydrogen) atoms. The number of methoxy groups -OCH3 is 1. The number of nitrogens with two attached hydrogens (primary N) is 2. The van der Waals surface area contributed by atoms with Gasteiger partial charge in [0, 0.05) is 28.5 Å². The molecule has 1 amide bonds. The van der Waals surface area contributed by atoms with Gasteiger partial charge in [-0.1, -0.05) is 11.6 Å². The average molecular weight is 388 g/mol. The number of ether oxygens (including phenoxy) is 1. The fourth-order valence-electron chi connectivity index (χ4n) is 2.60. The van der Waals surface area contributed by atoms with E-state index in [4.69, 9.17) is 27.8 Å². The maximum atomic E-state index is 12.4. The van der Waals surface area contributed by atoms with Gasteiger partial charge >= 0.3 is 0 Å². The molecule has 8 heteroatoms. The van der Waals surface area contributed by atoms with Crippen LogP contribution >= 0.6 is 11.6 Å². The molecule has 142 valence electrons. The Morgan fingerprint density at radius 2 is 2.15 bits per heavy atom. The van der Waals surface area contributed by atoms with Gasteiger partial charge in [-0.25, -0.2) is 4.68 Å². The second-order valence-corrected chi connectivity index (χ2v) is 7.02. The zero-order chi connectivity index (χ0) is 19.6. The van der Waals surface area contributed by atoms with Crippen LogP contribution in [-0.4, -0.2) is 28.6 Å². The molecule has 1 aliphatic rings. The molecule has 1 heterocycles. The molecule has 0 saturated heterocycles. The smallest absolute Gasteiger partial charge is 0.254 e. The number of allylic oxidation sites excluding steroid dienone is 1. The van der Waals surface area contributed by atoms with Crippen molar-refractivity contribution >= 4 is 23.3 Å². The van der Waals surface area contributed by atoms with E-state index in [0.29, 0.717) is 22.4 Å². The Bertz CT molecular complexity index is 915. The van der Waals surface area contributed by atoms with Crippen molar-refractivity contribution in [3.63, 3.8) is 0 Å². The van der Waals surface area contributed by atoms with E-state index in [-0.39, 0.29) is 11.7 Å². The van der Waals surface area contributed by atoms with Gasteiger partial charge < -0.3 is 16.2 Å². The minimum absolute atomic E-state index is 0.128. The first kappa shape index (κ1) is 19.0. The van der Waals surface area contributed by atoms with E-state index < -0.39 is 5.92 Å². The lowest BCUT2D eigenvalue weighted by Crippen LogP contribution is -2.17. The van der Waals surface area contributed by atoms with Gasteiger partial charge in [-0.2, -0.15) is 10.1 Å². The third-order valence-electron chi connectivity index (χ3n) is 4.43. The highest BCUT2D eigenvalue weighted by molar-refractivity contribution is 6.30. The molecular weight excluding hydrogens is 366 g/mol. The van der Waals surface area contributed by atoms with Crippen molar-refractivity contribution in [3.8, 4) is 11.4 Å². The number of amidine groups is 1. The van der Waals surface area contributed by atoms with Gasteiger partial charge in [0.05, 0.1) is 24.9 Å². The van der Waals surface area contributed by atoms with Gasteiger partial charge in [0.2, 0.25) is 0 Å². The molecular formula is C19H22ClN5O2. The highest BCUT2D eigenvalue weighted by Gasteiger charge is 2.24. The van der Waals surface area contributed by atoms with Crippen molar-refractivity contribution in [2.75, 3.05) is 7.11 Å². The number of benzene rings is 1. The van der Waals surface area contributed by atoms with Crippen LogP contribution in [0.5, 0.6) is 5.75 Å². The topological polar surface area (TPSA) is 109 Å². The number of aromatic nitrogens is 2. The van der Waals surface area contributed by atoms with E-state index in [1.165, 1.54) is 0 Å². The predicted molar refractivity (Wildman–Crippen MR) is 105 cm³/mol. The Morgan fingerprint density at radius 3 is 2.81 bits per heavy atom. The van der Waals surface area contributed by atoms with Crippen LogP contribution in [0.1, 0.15) is 31.2 Å². The molecule has 1 atom stereocenters. The first-order chi connectivity index (χ1) is 12.9. The van der Waals surface area contributed by atoms with Gasteiger partial charge in [-0.3, -0.25) is 4.79 Å². The van der Waals surface area contributed by atoms with Crippen molar-refractivity contribution < 1.29 is 9.53 Å². The molecule has 1 aromatic carbocycles. The van der Waals surface area contributed by atoms with Crippen LogP contribution in [0.15, 0.2) is 47.4 Å². The molecule has 1 unspecified atom stereocenters. The van der Waals surface area contributed by atoms with Crippen molar-refractivity contribution in [1.82, 2.24) is 9.78 Å². The standard InChI is InChI=1S/C19H22ClN5O2/c1-11(19(26)24-18(22)8-17(21)12-3-4-12)13-9-23-25(10-13)15-5-14(20)6-16(7-15)27-2/h5-12H,3-4,21H2,1-2H3,(H2,22,24,26)/b17-8-. The number of halogens is 1. The molecule has 0 aliphatic heterocycles. The zero-order valence-corrected chi connectivity index (χ0v) is 16.0. The summed E-state index contributed by atoms with van der Waals surface area (Å²) in [6.07, 6.45) is 7.08. The average Bonchev–Trinajstić information content (AvgIpc) is 3.37.